The Morgan fingerprint density at radius 2 is 2.08 bits per heavy atom. The first kappa shape index (κ1) is 20.5. The molecule has 0 unspecified atom stereocenters. The maximum absolute atomic E-state index is 12.8. The Morgan fingerprint density at radius 3 is 2.71 bits per heavy atom. The van der Waals surface area contributed by atoms with Gasteiger partial charge in [-0.3, -0.25) is 4.99 Å². The molecule has 2 rings (SSSR count). The highest BCUT2D eigenvalue weighted by molar-refractivity contribution is 14.0. The fourth-order valence-electron chi connectivity index (χ4n) is 2.16. The third-order valence-electron chi connectivity index (χ3n) is 3.28. The summed E-state index contributed by atoms with van der Waals surface area (Å²) in [5.74, 6) is 0.184. The highest BCUT2D eigenvalue weighted by atomic mass is 127. The molecule has 0 aromatic carbocycles. The topological polar surface area (TPSA) is 58.5 Å². The number of ether oxygens (including phenoxy) is 1. The summed E-state index contributed by atoms with van der Waals surface area (Å²) in [5, 5.41) is 6.23. The molecule has 5 nitrogen and oxygen atoms in total. The van der Waals surface area contributed by atoms with Crippen LogP contribution in [0.15, 0.2) is 35.5 Å². The maximum atomic E-state index is 12.8. The number of nitrogens with one attached hydrogen (secondary N) is 2. The molecule has 1 aliphatic rings. The summed E-state index contributed by atoms with van der Waals surface area (Å²) in [7, 11) is 1.64. The van der Waals surface area contributed by atoms with Crippen molar-refractivity contribution >= 4 is 29.9 Å². The summed E-state index contributed by atoms with van der Waals surface area (Å²) in [6.45, 7) is 0.359. The smallest absolute Gasteiger partial charge is 0.421 e. The van der Waals surface area contributed by atoms with E-state index >= 15 is 0 Å². The first-order valence-corrected chi connectivity index (χ1v) is 7.28. The van der Waals surface area contributed by atoms with Crippen molar-refractivity contribution in [2.45, 2.75) is 25.1 Å². The average Bonchev–Trinajstić information content (AvgIpc) is 3.02. The maximum Gasteiger partial charge on any atom is 0.421 e. The molecular weight excluding hydrogens is 436 g/mol. The standard InChI is InChI=1S/C15H19F3N4O.HI/c1-19-14(22-11-5-2-3-6-11)21-9-10-23-13-12(15(16,17)18)7-4-8-20-13;/h2-4,7-8,11H,5-6,9-10H2,1H3,(H2,19,21,22);1H. The molecule has 0 saturated heterocycles. The minimum Gasteiger partial charge on any atom is -0.475 e. The zero-order valence-electron chi connectivity index (χ0n) is 13.1. The molecule has 24 heavy (non-hydrogen) atoms. The number of aromatic nitrogens is 1. The van der Waals surface area contributed by atoms with E-state index in [1.165, 1.54) is 12.3 Å². The fraction of sp³-hybridized carbons (Fsp3) is 0.467. The Kier molecular flexibility index (Phi) is 8.29. The van der Waals surface area contributed by atoms with Crippen LogP contribution >= 0.6 is 24.0 Å². The summed E-state index contributed by atoms with van der Waals surface area (Å²) in [6.07, 6.45) is 2.83. The van der Waals surface area contributed by atoms with Crippen molar-refractivity contribution in [3.05, 3.63) is 36.0 Å². The lowest BCUT2D eigenvalue weighted by Crippen LogP contribution is -2.43. The molecule has 1 heterocycles. The van der Waals surface area contributed by atoms with Crippen molar-refractivity contribution in [1.82, 2.24) is 15.6 Å². The van der Waals surface area contributed by atoms with Crippen LogP contribution in [0.3, 0.4) is 0 Å². The van der Waals surface area contributed by atoms with E-state index in [9.17, 15) is 13.2 Å². The number of hydrogen-bond acceptors (Lipinski definition) is 3. The minimum absolute atomic E-state index is 0. The van der Waals surface area contributed by atoms with Gasteiger partial charge in [-0.25, -0.2) is 4.98 Å². The highest BCUT2D eigenvalue weighted by Crippen LogP contribution is 2.34. The summed E-state index contributed by atoms with van der Waals surface area (Å²) in [6, 6.07) is 2.48. The van der Waals surface area contributed by atoms with E-state index < -0.39 is 17.6 Å². The van der Waals surface area contributed by atoms with E-state index in [2.05, 4.69) is 32.8 Å². The van der Waals surface area contributed by atoms with Gasteiger partial charge in [-0.05, 0) is 25.0 Å². The van der Waals surface area contributed by atoms with Crippen molar-refractivity contribution in [3.8, 4) is 5.88 Å². The molecule has 0 bridgehead atoms. The summed E-state index contributed by atoms with van der Waals surface area (Å²) < 4.78 is 43.5. The van der Waals surface area contributed by atoms with Crippen LogP contribution in [0.1, 0.15) is 18.4 Å². The molecule has 0 fully saturated rings. The molecule has 2 N–H and O–H groups in total. The van der Waals surface area contributed by atoms with Crippen LogP contribution in [-0.2, 0) is 6.18 Å². The second-order valence-corrected chi connectivity index (χ2v) is 4.99. The molecule has 0 saturated carbocycles. The quantitative estimate of drug-likeness (QED) is 0.235. The summed E-state index contributed by atoms with van der Waals surface area (Å²) in [5.41, 5.74) is -0.875. The van der Waals surface area contributed by atoms with Crippen LogP contribution in [0.2, 0.25) is 0 Å². The van der Waals surface area contributed by atoms with Crippen LogP contribution in [0, 0.1) is 0 Å². The molecule has 1 aliphatic carbocycles. The van der Waals surface area contributed by atoms with Gasteiger partial charge in [0.1, 0.15) is 12.2 Å². The highest BCUT2D eigenvalue weighted by Gasteiger charge is 2.34. The number of hydrogen-bond donors (Lipinski definition) is 2. The normalized spacial score (nSPS) is 15.1. The lowest BCUT2D eigenvalue weighted by molar-refractivity contribution is -0.139. The van der Waals surface area contributed by atoms with Crippen LogP contribution in [0.25, 0.3) is 0 Å². The first-order chi connectivity index (χ1) is 11.0. The average molecular weight is 456 g/mol. The second-order valence-electron chi connectivity index (χ2n) is 4.99. The van der Waals surface area contributed by atoms with Crippen molar-refractivity contribution in [3.63, 3.8) is 0 Å². The minimum atomic E-state index is -4.48. The van der Waals surface area contributed by atoms with E-state index in [1.807, 2.05) is 0 Å². The van der Waals surface area contributed by atoms with E-state index in [4.69, 9.17) is 4.74 Å². The van der Waals surface area contributed by atoms with Crippen molar-refractivity contribution in [2.24, 2.45) is 4.99 Å². The molecule has 9 heteroatoms. The van der Waals surface area contributed by atoms with Crippen LogP contribution < -0.4 is 15.4 Å². The zero-order valence-corrected chi connectivity index (χ0v) is 15.5. The van der Waals surface area contributed by atoms with Gasteiger partial charge in [-0.2, -0.15) is 13.2 Å². The Bertz CT molecular complexity index is 570. The fourth-order valence-corrected chi connectivity index (χ4v) is 2.16. The summed E-state index contributed by atoms with van der Waals surface area (Å²) in [4.78, 5) is 7.71. The van der Waals surface area contributed by atoms with Gasteiger partial charge < -0.3 is 15.4 Å². The molecule has 1 aromatic heterocycles. The Morgan fingerprint density at radius 1 is 1.38 bits per heavy atom. The molecule has 1 aromatic rings. The number of nitrogens with zero attached hydrogens (tertiary/aromatic N) is 2. The Balaban J connectivity index is 0.00000288. The first-order valence-electron chi connectivity index (χ1n) is 7.28. The van der Waals surface area contributed by atoms with Gasteiger partial charge in [0.2, 0.25) is 5.88 Å². The monoisotopic (exact) mass is 456 g/mol. The van der Waals surface area contributed by atoms with E-state index in [0.29, 0.717) is 18.5 Å². The number of halogens is 4. The van der Waals surface area contributed by atoms with Gasteiger partial charge in [0.25, 0.3) is 0 Å². The van der Waals surface area contributed by atoms with E-state index in [0.717, 1.165) is 18.9 Å². The number of pyridine rings is 1. The van der Waals surface area contributed by atoms with Gasteiger partial charge in [-0.1, -0.05) is 12.2 Å². The molecule has 0 radical (unpaired) electrons. The molecule has 0 atom stereocenters. The Hall–Kier alpha value is -1.52. The van der Waals surface area contributed by atoms with Crippen LogP contribution in [0.5, 0.6) is 5.88 Å². The van der Waals surface area contributed by atoms with E-state index in [-0.39, 0.29) is 30.6 Å². The zero-order chi connectivity index (χ0) is 16.7. The van der Waals surface area contributed by atoms with Crippen LogP contribution in [-0.4, -0.2) is 37.2 Å². The van der Waals surface area contributed by atoms with Gasteiger partial charge in [0, 0.05) is 19.3 Å². The molecule has 134 valence electrons. The number of rotatable bonds is 5. The third kappa shape index (κ3) is 6.17. The number of aliphatic imine (C=N–C) groups is 1. The van der Waals surface area contributed by atoms with Crippen molar-refractivity contribution in [1.29, 1.82) is 0 Å². The largest absolute Gasteiger partial charge is 0.475 e. The Labute approximate surface area is 155 Å². The molecule has 0 amide bonds. The third-order valence-corrected chi connectivity index (χ3v) is 3.28. The van der Waals surface area contributed by atoms with Gasteiger partial charge in [0.05, 0.1) is 6.54 Å². The van der Waals surface area contributed by atoms with Crippen molar-refractivity contribution < 1.29 is 17.9 Å². The predicted molar refractivity (Wildman–Crippen MR) is 96.8 cm³/mol. The summed E-state index contributed by atoms with van der Waals surface area (Å²) >= 11 is 0. The van der Waals surface area contributed by atoms with Gasteiger partial charge >= 0.3 is 6.18 Å². The second kappa shape index (κ2) is 9.70. The number of alkyl halides is 3. The molecular formula is C15H20F3IN4O. The molecule has 0 aliphatic heterocycles. The van der Waals surface area contributed by atoms with Crippen molar-refractivity contribution in [2.75, 3.05) is 20.2 Å². The predicted octanol–water partition coefficient (Wildman–Crippen LogP) is 2.98. The van der Waals surface area contributed by atoms with E-state index in [1.54, 1.807) is 7.05 Å². The van der Waals surface area contributed by atoms with Gasteiger partial charge in [0.15, 0.2) is 5.96 Å². The van der Waals surface area contributed by atoms with Crippen LogP contribution in [0.4, 0.5) is 13.2 Å². The lowest BCUT2D eigenvalue weighted by Gasteiger charge is -2.17. The SMILES string of the molecule is CN=C(NCCOc1ncccc1C(F)(F)F)NC1CC=CC1.I. The lowest BCUT2D eigenvalue weighted by atomic mass is 10.2. The number of guanidine groups is 1. The van der Waals surface area contributed by atoms with Gasteiger partial charge in [-0.15, -0.1) is 24.0 Å². The molecule has 0 spiro atoms.